The van der Waals surface area contributed by atoms with Crippen LogP contribution in [-0.4, -0.2) is 29.5 Å². The Morgan fingerprint density at radius 3 is 2.94 bits per heavy atom. The molecular weight excluding hydrogens is 398 g/mol. The van der Waals surface area contributed by atoms with E-state index in [4.69, 9.17) is 23.7 Å². The average molecular weight is 421 g/mol. The molecule has 1 aliphatic carbocycles. The monoisotopic (exact) mass is 421 g/mol. The van der Waals surface area contributed by atoms with Crippen molar-refractivity contribution in [2.75, 3.05) is 13.4 Å². The second kappa shape index (κ2) is 7.98. The number of fused-ring (bicyclic) bond motifs is 2. The fraction of sp³-hybridized carbons (Fsp3) is 0.333. The molecule has 2 heterocycles. The van der Waals surface area contributed by atoms with Gasteiger partial charge in [-0.3, -0.25) is 4.79 Å². The number of carbonyl (C=O) groups is 1. The lowest BCUT2D eigenvalue weighted by Crippen LogP contribution is -2.04. The van der Waals surface area contributed by atoms with Crippen molar-refractivity contribution in [1.29, 1.82) is 0 Å². The van der Waals surface area contributed by atoms with Gasteiger partial charge in [0.2, 0.25) is 12.7 Å². The number of benzene rings is 2. The third-order valence-electron chi connectivity index (χ3n) is 5.86. The van der Waals surface area contributed by atoms with E-state index in [1.165, 1.54) is 5.56 Å². The molecule has 0 amide bonds. The van der Waals surface area contributed by atoms with Gasteiger partial charge in [0.15, 0.2) is 11.5 Å². The van der Waals surface area contributed by atoms with Gasteiger partial charge in [-0.2, -0.15) is 0 Å². The third-order valence-corrected chi connectivity index (χ3v) is 5.86. The predicted octanol–water partition coefficient (Wildman–Crippen LogP) is 4.50. The van der Waals surface area contributed by atoms with Crippen LogP contribution >= 0.6 is 0 Å². The fourth-order valence-electron chi connectivity index (χ4n) is 4.27. The van der Waals surface area contributed by atoms with Gasteiger partial charge in [0.05, 0.1) is 18.7 Å². The first-order valence-electron chi connectivity index (χ1n) is 10.4. The number of aryl methyl sites for hydroxylation is 2. The van der Waals surface area contributed by atoms with Gasteiger partial charge in [0, 0.05) is 12.0 Å². The minimum Gasteiger partial charge on any atom is -0.493 e. The Morgan fingerprint density at radius 1 is 1.19 bits per heavy atom. The number of hydrogen-bond donors (Lipinski definition) is 1. The number of carboxylic acids is 1. The number of rotatable bonds is 7. The Kier molecular flexibility index (Phi) is 5.02. The van der Waals surface area contributed by atoms with E-state index in [0.717, 1.165) is 46.9 Å². The van der Waals surface area contributed by atoms with E-state index in [0.29, 0.717) is 24.7 Å². The summed E-state index contributed by atoms with van der Waals surface area (Å²) in [4.78, 5) is 15.7. The summed E-state index contributed by atoms with van der Waals surface area (Å²) in [6.07, 6.45) is 2.58. The maximum atomic E-state index is 11.0. The van der Waals surface area contributed by atoms with Crippen LogP contribution in [-0.2, 0) is 17.6 Å². The molecule has 1 atom stereocenters. The zero-order valence-electron chi connectivity index (χ0n) is 17.2. The molecule has 1 aliphatic heterocycles. The Balaban J connectivity index is 1.22. The first-order valence-corrected chi connectivity index (χ1v) is 10.4. The molecule has 1 unspecified atom stereocenters. The summed E-state index contributed by atoms with van der Waals surface area (Å²) in [7, 11) is 0. The van der Waals surface area contributed by atoms with Gasteiger partial charge in [0.25, 0.3) is 0 Å². The summed E-state index contributed by atoms with van der Waals surface area (Å²) in [6, 6.07) is 11.6. The number of carboxylic acid groups (broad SMARTS) is 1. The highest BCUT2D eigenvalue weighted by molar-refractivity contribution is 5.68. The first kappa shape index (κ1) is 19.5. The molecule has 0 saturated carbocycles. The number of oxazole rings is 1. The van der Waals surface area contributed by atoms with Crippen LogP contribution < -0.4 is 14.2 Å². The van der Waals surface area contributed by atoms with Gasteiger partial charge in [0.1, 0.15) is 11.5 Å². The molecule has 7 heteroatoms. The van der Waals surface area contributed by atoms with Crippen LogP contribution in [0.4, 0.5) is 0 Å². The van der Waals surface area contributed by atoms with Gasteiger partial charge < -0.3 is 23.7 Å². The van der Waals surface area contributed by atoms with Gasteiger partial charge in [-0.15, -0.1) is 0 Å². The van der Waals surface area contributed by atoms with Crippen molar-refractivity contribution in [1.82, 2.24) is 4.98 Å². The van der Waals surface area contributed by atoms with Crippen molar-refractivity contribution < 1.29 is 28.5 Å². The Morgan fingerprint density at radius 2 is 2.06 bits per heavy atom. The lowest BCUT2D eigenvalue weighted by Gasteiger charge is -2.10. The van der Waals surface area contributed by atoms with E-state index >= 15 is 0 Å². The first-order chi connectivity index (χ1) is 15.1. The van der Waals surface area contributed by atoms with Crippen molar-refractivity contribution in [3.63, 3.8) is 0 Å². The molecule has 2 aliphatic rings. The summed E-state index contributed by atoms with van der Waals surface area (Å²) in [5, 5.41) is 9.07. The SMILES string of the molecule is Cc1oc(-c2ccc3c(c2)OCO3)nc1CCOc1ccc2c(c1)CCC2CC(=O)O. The topological polar surface area (TPSA) is 91.0 Å². The number of aromatic nitrogens is 1. The molecule has 0 fully saturated rings. The van der Waals surface area contributed by atoms with E-state index < -0.39 is 5.97 Å². The highest BCUT2D eigenvalue weighted by Crippen LogP contribution is 2.38. The van der Waals surface area contributed by atoms with Crippen molar-refractivity contribution >= 4 is 5.97 Å². The summed E-state index contributed by atoms with van der Waals surface area (Å²) in [5.74, 6) is 2.89. The lowest BCUT2D eigenvalue weighted by atomic mass is 9.98. The third kappa shape index (κ3) is 3.95. The number of ether oxygens (including phenoxy) is 3. The van der Waals surface area contributed by atoms with Gasteiger partial charge in [-0.1, -0.05) is 6.07 Å². The van der Waals surface area contributed by atoms with E-state index in [9.17, 15) is 4.79 Å². The number of nitrogens with zero attached hydrogens (tertiary/aromatic N) is 1. The van der Waals surface area contributed by atoms with Crippen LogP contribution in [0.3, 0.4) is 0 Å². The highest BCUT2D eigenvalue weighted by atomic mass is 16.7. The molecule has 0 bridgehead atoms. The number of hydrogen-bond acceptors (Lipinski definition) is 6. The average Bonchev–Trinajstić information content (AvgIpc) is 3.46. The quantitative estimate of drug-likeness (QED) is 0.600. The number of aliphatic carboxylic acids is 1. The Bertz CT molecular complexity index is 1140. The zero-order valence-corrected chi connectivity index (χ0v) is 17.2. The van der Waals surface area contributed by atoms with Gasteiger partial charge in [-0.25, -0.2) is 4.98 Å². The molecule has 0 radical (unpaired) electrons. The molecular formula is C24H23NO6. The van der Waals surface area contributed by atoms with Crippen LogP contribution in [0.25, 0.3) is 11.5 Å². The molecule has 1 N–H and O–H groups in total. The van der Waals surface area contributed by atoms with Crippen LogP contribution in [0.15, 0.2) is 40.8 Å². The summed E-state index contributed by atoms with van der Waals surface area (Å²) in [6.45, 7) is 2.61. The molecule has 1 aromatic heterocycles. The van der Waals surface area contributed by atoms with Crippen LogP contribution in [0.1, 0.15) is 41.3 Å². The van der Waals surface area contributed by atoms with Gasteiger partial charge in [-0.05, 0) is 67.1 Å². The van der Waals surface area contributed by atoms with E-state index in [1.54, 1.807) is 0 Å². The van der Waals surface area contributed by atoms with Crippen molar-refractivity contribution in [3.05, 3.63) is 59.0 Å². The molecule has 0 spiro atoms. The minimum absolute atomic E-state index is 0.105. The minimum atomic E-state index is -0.749. The largest absolute Gasteiger partial charge is 0.493 e. The summed E-state index contributed by atoms with van der Waals surface area (Å²) in [5.41, 5.74) is 4.02. The molecule has 2 aromatic carbocycles. The lowest BCUT2D eigenvalue weighted by molar-refractivity contribution is -0.137. The van der Waals surface area contributed by atoms with Crippen molar-refractivity contribution in [2.45, 2.75) is 38.5 Å². The standard InChI is InChI=1S/C24H23NO6/c1-14-20(25-24(31-14)17-4-7-21-22(11-17)30-13-29-21)8-9-28-18-5-6-19-15(10-18)2-3-16(19)12-23(26)27/h4-7,10-11,16H,2-3,8-9,12-13H2,1H3,(H,26,27). The summed E-state index contributed by atoms with van der Waals surface area (Å²) < 4.78 is 22.6. The maximum Gasteiger partial charge on any atom is 0.303 e. The van der Waals surface area contributed by atoms with Crippen LogP contribution in [0.2, 0.25) is 0 Å². The fourth-order valence-corrected chi connectivity index (χ4v) is 4.27. The smallest absolute Gasteiger partial charge is 0.303 e. The molecule has 0 saturated heterocycles. The van der Waals surface area contributed by atoms with Crippen LogP contribution in [0, 0.1) is 6.92 Å². The maximum absolute atomic E-state index is 11.0. The van der Waals surface area contributed by atoms with E-state index in [2.05, 4.69) is 4.98 Å². The predicted molar refractivity (Wildman–Crippen MR) is 112 cm³/mol. The molecule has 3 aromatic rings. The van der Waals surface area contributed by atoms with Gasteiger partial charge >= 0.3 is 5.97 Å². The normalized spacial score (nSPS) is 16.4. The molecule has 31 heavy (non-hydrogen) atoms. The molecule has 160 valence electrons. The zero-order chi connectivity index (χ0) is 21.4. The van der Waals surface area contributed by atoms with E-state index in [1.807, 2.05) is 43.3 Å². The Labute approximate surface area is 179 Å². The van der Waals surface area contributed by atoms with Crippen molar-refractivity contribution in [2.24, 2.45) is 0 Å². The van der Waals surface area contributed by atoms with Crippen molar-refractivity contribution in [3.8, 4) is 28.7 Å². The molecule has 7 nitrogen and oxygen atoms in total. The molecule has 5 rings (SSSR count). The van der Waals surface area contributed by atoms with Crippen LogP contribution in [0.5, 0.6) is 17.2 Å². The second-order valence-corrected chi connectivity index (χ2v) is 7.88. The highest BCUT2D eigenvalue weighted by Gasteiger charge is 2.25. The van der Waals surface area contributed by atoms with E-state index in [-0.39, 0.29) is 19.1 Å². The Hall–Kier alpha value is -3.48. The summed E-state index contributed by atoms with van der Waals surface area (Å²) >= 11 is 0. The second-order valence-electron chi connectivity index (χ2n) is 7.88.